The summed E-state index contributed by atoms with van der Waals surface area (Å²) < 4.78 is 42.2. The number of likely N-dealkylation sites (tertiary alicyclic amines) is 1. The van der Waals surface area contributed by atoms with Gasteiger partial charge in [0.05, 0.1) is 12.2 Å². The summed E-state index contributed by atoms with van der Waals surface area (Å²) >= 11 is 0.000119. The number of aliphatic imine (C=N–C) groups is 1. The topological polar surface area (TPSA) is 36.9 Å². The van der Waals surface area contributed by atoms with Crippen LogP contribution < -0.4 is 5.32 Å². The largest absolute Gasteiger partial charge is 0.441 e. The number of halogens is 4. The van der Waals surface area contributed by atoms with Crippen molar-refractivity contribution in [3.63, 3.8) is 0 Å². The van der Waals surface area contributed by atoms with Crippen molar-refractivity contribution < 1.29 is 17.9 Å². The van der Waals surface area contributed by atoms with E-state index < -0.39 is 5.51 Å². The molecule has 3 rings (SSSR count). The minimum absolute atomic E-state index is 0. The summed E-state index contributed by atoms with van der Waals surface area (Å²) in [6.07, 6.45) is 3.05. The van der Waals surface area contributed by atoms with Crippen LogP contribution in [0.4, 0.5) is 13.2 Å². The molecule has 3 fully saturated rings. The maximum Gasteiger partial charge on any atom is 0.441 e. The van der Waals surface area contributed by atoms with Gasteiger partial charge in [-0.3, -0.25) is 4.99 Å². The monoisotopic (exact) mass is 451 g/mol. The Balaban J connectivity index is 0.00000176. The molecular weight excluding hydrogens is 430 g/mol. The molecule has 0 aliphatic carbocycles. The number of thioether (sulfide) groups is 1. The number of guanidine groups is 1. The van der Waals surface area contributed by atoms with Gasteiger partial charge >= 0.3 is 5.51 Å². The first-order chi connectivity index (χ1) is 9.98. The third-order valence-corrected chi connectivity index (χ3v) is 5.35. The first-order valence-corrected chi connectivity index (χ1v) is 8.28. The fourth-order valence-electron chi connectivity index (χ4n) is 3.79. The van der Waals surface area contributed by atoms with Gasteiger partial charge in [-0.05, 0) is 24.6 Å². The average Bonchev–Trinajstić information content (AvgIpc) is 3.09. The zero-order valence-electron chi connectivity index (χ0n) is 12.3. The lowest BCUT2D eigenvalue weighted by atomic mass is 9.82. The van der Waals surface area contributed by atoms with Crippen LogP contribution in [0.15, 0.2) is 4.99 Å². The zero-order valence-corrected chi connectivity index (χ0v) is 15.5. The molecule has 3 heterocycles. The third kappa shape index (κ3) is 3.95. The van der Waals surface area contributed by atoms with Gasteiger partial charge in [0.2, 0.25) is 0 Å². The normalized spacial score (nSPS) is 33.8. The van der Waals surface area contributed by atoms with Gasteiger partial charge in [-0.15, -0.1) is 24.0 Å². The first-order valence-electron chi connectivity index (χ1n) is 7.29. The van der Waals surface area contributed by atoms with E-state index in [1.807, 2.05) is 0 Å². The number of hydrogen-bond acceptors (Lipinski definition) is 3. The van der Waals surface area contributed by atoms with Crippen molar-refractivity contribution >= 4 is 41.7 Å². The SMILES string of the molecule is CN=C(NCCSC(F)(F)F)N1CC2C3CCC(O3)C2C1.I. The highest BCUT2D eigenvalue weighted by Crippen LogP contribution is 2.47. The summed E-state index contributed by atoms with van der Waals surface area (Å²) in [7, 11) is 1.68. The Morgan fingerprint density at radius 2 is 1.86 bits per heavy atom. The Hall–Kier alpha value is 0.1000. The summed E-state index contributed by atoms with van der Waals surface area (Å²) in [5, 5.41) is 3.04. The van der Waals surface area contributed by atoms with Crippen LogP contribution in [0.25, 0.3) is 0 Å². The smallest absolute Gasteiger partial charge is 0.374 e. The highest BCUT2D eigenvalue weighted by Gasteiger charge is 2.53. The van der Waals surface area contributed by atoms with Gasteiger partial charge < -0.3 is 15.0 Å². The lowest BCUT2D eigenvalue weighted by Crippen LogP contribution is -2.42. The first kappa shape index (κ1) is 18.4. The molecule has 4 atom stereocenters. The van der Waals surface area contributed by atoms with E-state index in [2.05, 4.69) is 15.2 Å². The Labute approximate surface area is 149 Å². The molecule has 0 amide bonds. The molecule has 3 saturated heterocycles. The van der Waals surface area contributed by atoms with Gasteiger partial charge in [-0.2, -0.15) is 13.2 Å². The van der Waals surface area contributed by atoms with E-state index in [-0.39, 0.29) is 48.0 Å². The fourth-order valence-corrected chi connectivity index (χ4v) is 4.23. The number of nitrogens with zero attached hydrogens (tertiary/aromatic N) is 2. The molecule has 22 heavy (non-hydrogen) atoms. The van der Waals surface area contributed by atoms with Crippen LogP contribution >= 0.6 is 35.7 Å². The van der Waals surface area contributed by atoms with Crippen LogP contribution in [0, 0.1) is 11.8 Å². The summed E-state index contributed by atoms with van der Waals surface area (Å²) in [6.45, 7) is 2.07. The summed E-state index contributed by atoms with van der Waals surface area (Å²) in [5.74, 6) is 1.84. The molecular formula is C13H21F3IN3OS. The van der Waals surface area contributed by atoms with Crippen molar-refractivity contribution in [3.05, 3.63) is 0 Å². The van der Waals surface area contributed by atoms with Crippen molar-refractivity contribution in [2.45, 2.75) is 30.6 Å². The molecule has 3 aliphatic rings. The van der Waals surface area contributed by atoms with E-state index in [1.54, 1.807) is 7.05 Å². The predicted molar refractivity (Wildman–Crippen MR) is 91.7 cm³/mol. The third-order valence-electron chi connectivity index (χ3n) is 4.61. The van der Waals surface area contributed by atoms with Gasteiger partial charge in [0.15, 0.2) is 5.96 Å². The Kier molecular flexibility index (Phi) is 6.14. The van der Waals surface area contributed by atoms with Crippen LogP contribution in [0.2, 0.25) is 0 Å². The van der Waals surface area contributed by atoms with Gasteiger partial charge in [0.25, 0.3) is 0 Å². The number of alkyl halides is 3. The van der Waals surface area contributed by atoms with Crippen molar-refractivity contribution in [3.8, 4) is 0 Å². The van der Waals surface area contributed by atoms with Crippen molar-refractivity contribution in [2.24, 2.45) is 16.8 Å². The minimum atomic E-state index is -4.16. The maximum atomic E-state index is 12.1. The average molecular weight is 451 g/mol. The second-order valence-corrected chi connectivity index (χ2v) is 6.95. The quantitative estimate of drug-likeness (QED) is 0.310. The molecule has 0 saturated carbocycles. The number of fused-ring (bicyclic) bond motifs is 5. The second kappa shape index (κ2) is 7.33. The molecule has 1 N–H and O–H groups in total. The molecule has 0 radical (unpaired) electrons. The lowest BCUT2D eigenvalue weighted by molar-refractivity contribution is -0.0327. The summed E-state index contributed by atoms with van der Waals surface area (Å²) in [4.78, 5) is 6.37. The van der Waals surface area contributed by atoms with Gasteiger partial charge in [-0.1, -0.05) is 0 Å². The number of rotatable bonds is 3. The standard InChI is InChI=1S/C13H20F3N3OS.HI/c1-17-12(18-4-5-21-13(14,15)16)19-6-8-9(7-19)11-3-2-10(8)20-11;/h8-11H,2-7H2,1H3,(H,17,18);1H. The van der Waals surface area contributed by atoms with Crippen LogP contribution in [0.5, 0.6) is 0 Å². The van der Waals surface area contributed by atoms with E-state index >= 15 is 0 Å². The molecule has 3 aliphatic heterocycles. The van der Waals surface area contributed by atoms with Crippen LogP contribution in [0.3, 0.4) is 0 Å². The molecule has 2 bridgehead atoms. The number of hydrogen-bond donors (Lipinski definition) is 1. The predicted octanol–water partition coefficient (Wildman–Crippen LogP) is 2.54. The van der Waals surface area contributed by atoms with Crippen molar-refractivity contribution in [2.75, 3.05) is 32.4 Å². The van der Waals surface area contributed by atoms with E-state index in [1.165, 1.54) is 0 Å². The highest BCUT2D eigenvalue weighted by atomic mass is 127. The van der Waals surface area contributed by atoms with Gasteiger partial charge in [0, 0.05) is 44.3 Å². The lowest BCUT2D eigenvalue weighted by Gasteiger charge is -2.23. The Bertz CT molecular complexity index is 406. The zero-order chi connectivity index (χ0) is 15.0. The van der Waals surface area contributed by atoms with Crippen molar-refractivity contribution in [1.29, 1.82) is 0 Å². The van der Waals surface area contributed by atoms with E-state index in [0.29, 0.717) is 30.0 Å². The Morgan fingerprint density at radius 1 is 1.27 bits per heavy atom. The summed E-state index contributed by atoms with van der Waals surface area (Å²) in [5.41, 5.74) is -4.16. The Morgan fingerprint density at radius 3 is 2.36 bits per heavy atom. The highest BCUT2D eigenvalue weighted by molar-refractivity contribution is 14.0. The molecule has 9 heteroatoms. The molecule has 128 valence electrons. The van der Waals surface area contributed by atoms with Gasteiger partial charge in [-0.25, -0.2) is 0 Å². The molecule has 0 aromatic heterocycles. The minimum Gasteiger partial charge on any atom is -0.374 e. The summed E-state index contributed by atoms with van der Waals surface area (Å²) in [6, 6.07) is 0. The maximum absolute atomic E-state index is 12.1. The van der Waals surface area contributed by atoms with E-state index in [9.17, 15) is 13.2 Å². The molecule has 4 unspecified atom stereocenters. The van der Waals surface area contributed by atoms with Crippen LogP contribution in [0.1, 0.15) is 12.8 Å². The fraction of sp³-hybridized carbons (Fsp3) is 0.923. The van der Waals surface area contributed by atoms with Gasteiger partial charge in [0.1, 0.15) is 0 Å². The van der Waals surface area contributed by atoms with Crippen molar-refractivity contribution in [1.82, 2.24) is 10.2 Å². The molecule has 0 aromatic carbocycles. The number of nitrogens with one attached hydrogen (secondary N) is 1. The van der Waals surface area contributed by atoms with Crippen LogP contribution in [-0.4, -0.2) is 61.0 Å². The van der Waals surface area contributed by atoms with Crippen LogP contribution in [-0.2, 0) is 4.74 Å². The second-order valence-electron chi connectivity index (χ2n) is 5.79. The van der Waals surface area contributed by atoms with E-state index in [4.69, 9.17) is 4.74 Å². The van der Waals surface area contributed by atoms with E-state index in [0.717, 1.165) is 25.9 Å². The molecule has 0 spiro atoms. The molecule has 4 nitrogen and oxygen atoms in total. The number of ether oxygens (including phenoxy) is 1. The molecule has 0 aromatic rings.